The smallest absolute Gasteiger partial charge is 0.226 e. The normalized spacial score (nSPS) is 11.6. The summed E-state index contributed by atoms with van der Waals surface area (Å²) in [6.45, 7) is 0. The highest BCUT2D eigenvalue weighted by atomic mass is 15.1. The van der Waals surface area contributed by atoms with Crippen LogP contribution in [0.15, 0.2) is 78.9 Å². The van der Waals surface area contributed by atoms with Gasteiger partial charge in [0, 0.05) is 0 Å². The van der Waals surface area contributed by atoms with Crippen molar-refractivity contribution in [1.29, 1.82) is 0 Å². The molecule has 0 atom stereocenters. The van der Waals surface area contributed by atoms with Gasteiger partial charge < -0.3 is 0 Å². The van der Waals surface area contributed by atoms with Crippen LogP contribution in [0.3, 0.4) is 0 Å². The van der Waals surface area contributed by atoms with E-state index >= 15 is 0 Å². The molecule has 25 heavy (non-hydrogen) atoms. The van der Waals surface area contributed by atoms with Gasteiger partial charge in [-0.25, -0.2) is 9.13 Å². The summed E-state index contributed by atoms with van der Waals surface area (Å²) in [5, 5.41) is 5.15. The van der Waals surface area contributed by atoms with Crippen LogP contribution in [-0.2, 0) is 14.1 Å². The molecule has 0 aliphatic rings. The molecule has 0 aliphatic heterocycles. The maximum absolute atomic E-state index is 2.31. The van der Waals surface area contributed by atoms with Crippen molar-refractivity contribution in [1.82, 2.24) is 4.57 Å². The van der Waals surface area contributed by atoms with Gasteiger partial charge in [-0.3, -0.25) is 0 Å². The maximum atomic E-state index is 2.31. The first-order chi connectivity index (χ1) is 12.3. The number of hydrogen-bond donors (Lipinski definition) is 0. The van der Waals surface area contributed by atoms with E-state index < -0.39 is 0 Å². The number of hydrogen-bond acceptors (Lipinski definition) is 0. The maximum Gasteiger partial charge on any atom is 0.290 e. The highest BCUT2D eigenvalue weighted by molar-refractivity contribution is 6.11. The molecule has 1 aromatic heterocycles. The Bertz CT molecular complexity index is 1170. The molecular formula is C23H19N2+. The lowest BCUT2D eigenvalue weighted by molar-refractivity contribution is -0.633. The highest BCUT2D eigenvalue weighted by Gasteiger charge is 2.25. The summed E-state index contributed by atoms with van der Waals surface area (Å²) in [6, 6.07) is 28.2. The Labute approximate surface area is 146 Å². The zero-order valence-electron chi connectivity index (χ0n) is 14.4. The molecule has 0 spiro atoms. The number of para-hydroxylation sites is 2. The number of aromatic nitrogens is 2. The lowest BCUT2D eigenvalue weighted by atomic mass is 9.96. The Balaban J connectivity index is 2.05. The molecule has 0 radical (unpaired) electrons. The molecule has 0 N–H and O–H groups in total. The third-order valence-corrected chi connectivity index (χ3v) is 5.23. The number of fused-ring (bicyclic) bond motifs is 3. The zero-order chi connectivity index (χ0) is 17.0. The van der Waals surface area contributed by atoms with Gasteiger partial charge in [0.2, 0.25) is 0 Å². The molecule has 5 rings (SSSR count). The molecule has 0 saturated carbocycles. The molecule has 1 heterocycles. The summed E-state index contributed by atoms with van der Waals surface area (Å²) in [4.78, 5) is 0. The van der Waals surface area contributed by atoms with Crippen LogP contribution in [0.2, 0.25) is 0 Å². The van der Waals surface area contributed by atoms with Crippen LogP contribution in [0.25, 0.3) is 44.0 Å². The minimum atomic E-state index is 1.23. The predicted molar refractivity (Wildman–Crippen MR) is 105 cm³/mol. The Kier molecular flexibility index (Phi) is 2.95. The second-order valence-electron chi connectivity index (χ2n) is 6.62. The monoisotopic (exact) mass is 323 g/mol. The number of imidazole rings is 1. The summed E-state index contributed by atoms with van der Waals surface area (Å²) in [5.41, 5.74) is 3.80. The molecule has 4 aromatic carbocycles. The summed E-state index contributed by atoms with van der Waals surface area (Å²) in [6.07, 6.45) is 0. The van der Waals surface area contributed by atoms with E-state index in [4.69, 9.17) is 0 Å². The standard InChI is InChI=1S/C23H19N2/c1-24-20-13-7-8-14-21(20)25(2)23(24)22-18-11-5-3-9-16(18)15-17-10-4-6-12-19(17)22/h3-15H,1-2H3/q+1. The van der Waals surface area contributed by atoms with Gasteiger partial charge in [0.05, 0.1) is 19.7 Å². The average Bonchev–Trinajstić information content (AvgIpc) is 2.91. The van der Waals surface area contributed by atoms with Crippen LogP contribution >= 0.6 is 0 Å². The van der Waals surface area contributed by atoms with Crippen molar-refractivity contribution in [3.8, 4) is 11.4 Å². The van der Waals surface area contributed by atoms with Gasteiger partial charge >= 0.3 is 0 Å². The minimum Gasteiger partial charge on any atom is -0.226 e. The molecule has 0 saturated heterocycles. The van der Waals surface area contributed by atoms with Crippen molar-refractivity contribution in [3.63, 3.8) is 0 Å². The summed E-state index contributed by atoms with van der Waals surface area (Å²) < 4.78 is 4.62. The van der Waals surface area contributed by atoms with Crippen LogP contribution in [0, 0.1) is 0 Å². The fourth-order valence-electron chi connectivity index (χ4n) is 4.07. The number of rotatable bonds is 1. The second-order valence-corrected chi connectivity index (χ2v) is 6.62. The van der Waals surface area contributed by atoms with Gasteiger partial charge in [-0.2, -0.15) is 0 Å². The Morgan fingerprint density at radius 1 is 0.720 bits per heavy atom. The zero-order valence-corrected chi connectivity index (χ0v) is 14.4. The third-order valence-electron chi connectivity index (χ3n) is 5.23. The van der Waals surface area contributed by atoms with Crippen LogP contribution in [-0.4, -0.2) is 4.57 Å². The van der Waals surface area contributed by atoms with Crippen molar-refractivity contribution >= 4 is 32.6 Å². The Morgan fingerprint density at radius 3 is 1.92 bits per heavy atom. The fourth-order valence-corrected chi connectivity index (χ4v) is 4.07. The third kappa shape index (κ3) is 1.94. The Hall–Kier alpha value is -3.13. The molecule has 120 valence electrons. The topological polar surface area (TPSA) is 8.81 Å². The molecule has 0 unspecified atom stereocenters. The first-order valence-corrected chi connectivity index (χ1v) is 8.60. The second kappa shape index (κ2) is 5.18. The van der Waals surface area contributed by atoms with E-state index in [2.05, 4.69) is 102 Å². The van der Waals surface area contributed by atoms with Gasteiger partial charge in [-0.1, -0.05) is 60.7 Å². The molecular weight excluding hydrogens is 304 g/mol. The van der Waals surface area contributed by atoms with Crippen molar-refractivity contribution in [2.45, 2.75) is 0 Å². The molecule has 2 heteroatoms. The summed E-state index contributed by atoms with van der Waals surface area (Å²) in [7, 11) is 4.32. The van der Waals surface area contributed by atoms with E-state index in [-0.39, 0.29) is 0 Å². The van der Waals surface area contributed by atoms with Crippen molar-refractivity contribution in [3.05, 3.63) is 78.9 Å². The van der Waals surface area contributed by atoms with Gasteiger partial charge in [-0.05, 0) is 39.7 Å². The average molecular weight is 323 g/mol. The molecule has 0 fully saturated rings. The minimum absolute atomic E-state index is 1.23. The van der Waals surface area contributed by atoms with Gasteiger partial charge in [0.25, 0.3) is 5.82 Å². The van der Waals surface area contributed by atoms with Crippen molar-refractivity contribution in [2.24, 2.45) is 14.1 Å². The van der Waals surface area contributed by atoms with Gasteiger partial charge in [-0.15, -0.1) is 0 Å². The van der Waals surface area contributed by atoms with E-state index in [1.165, 1.54) is 44.0 Å². The first kappa shape index (κ1) is 14.2. The molecule has 0 bridgehead atoms. The van der Waals surface area contributed by atoms with Crippen LogP contribution in [0.1, 0.15) is 0 Å². The molecule has 0 aliphatic carbocycles. The quantitative estimate of drug-likeness (QED) is 0.304. The molecule has 0 amide bonds. The fraction of sp³-hybridized carbons (Fsp3) is 0.0870. The molecule has 2 nitrogen and oxygen atoms in total. The van der Waals surface area contributed by atoms with Gasteiger partial charge in [0.15, 0.2) is 11.0 Å². The van der Waals surface area contributed by atoms with Crippen LogP contribution < -0.4 is 4.57 Å². The van der Waals surface area contributed by atoms with E-state index in [9.17, 15) is 0 Å². The number of aryl methyl sites for hydroxylation is 2. The number of benzene rings is 4. The van der Waals surface area contributed by atoms with Gasteiger partial charge in [0.1, 0.15) is 0 Å². The number of nitrogens with zero attached hydrogens (tertiary/aromatic N) is 2. The first-order valence-electron chi connectivity index (χ1n) is 8.60. The summed E-state index contributed by atoms with van der Waals surface area (Å²) in [5.74, 6) is 1.23. The summed E-state index contributed by atoms with van der Waals surface area (Å²) >= 11 is 0. The van der Waals surface area contributed by atoms with Crippen LogP contribution in [0.5, 0.6) is 0 Å². The Morgan fingerprint density at radius 2 is 1.28 bits per heavy atom. The van der Waals surface area contributed by atoms with Crippen LogP contribution in [0.4, 0.5) is 0 Å². The van der Waals surface area contributed by atoms with E-state index in [1.807, 2.05) is 0 Å². The highest BCUT2D eigenvalue weighted by Crippen LogP contribution is 2.36. The van der Waals surface area contributed by atoms with E-state index in [0.29, 0.717) is 0 Å². The molecule has 5 aromatic rings. The van der Waals surface area contributed by atoms with E-state index in [1.54, 1.807) is 0 Å². The van der Waals surface area contributed by atoms with Crippen molar-refractivity contribution < 1.29 is 4.57 Å². The SMILES string of the molecule is Cn1c(-c2c3ccccc3cc3ccccc23)[n+](C)c2ccccc21. The lowest BCUT2D eigenvalue weighted by Crippen LogP contribution is -2.30. The predicted octanol–water partition coefficient (Wildman–Crippen LogP) is 4.98. The largest absolute Gasteiger partial charge is 0.290 e. The van der Waals surface area contributed by atoms with E-state index in [0.717, 1.165) is 0 Å². The lowest BCUT2D eigenvalue weighted by Gasteiger charge is -2.09. The van der Waals surface area contributed by atoms with Crippen molar-refractivity contribution in [2.75, 3.05) is 0 Å².